The van der Waals surface area contributed by atoms with Crippen LogP contribution < -0.4 is 10.9 Å². The van der Waals surface area contributed by atoms with Gasteiger partial charge in [-0.1, -0.05) is 30.3 Å². The number of hydrogen-bond acceptors (Lipinski definition) is 4. The van der Waals surface area contributed by atoms with Crippen LogP contribution in [0.3, 0.4) is 0 Å². The molecule has 1 N–H and O–H groups in total. The first-order valence-electron chi connectivity index (χ1n) is 10.6. The molecule has 2 aliphatic rings. The maximum Gasteiger partial charge on any atom is 0.267 e. The van der Waals surface area contributed by atoms with E-state index < -0.39 is 5.41 Å². The topological polar surface area (TPSA) is 73.2 Å². The van der Waals surface area contributed by atoms with E-state index in [0.29, 0.717) is 26.1 Å². The summed E-state index contributed by atoms with van der Waals surface area (Å²) in [5.41, 5.74) is 1.37. The van der Waals surface area contributed by atoms with Crippen LogP contribution in [-0.4, -0.2) is 34.9 Å². The standard InChI is InChI=1S/C23H29N3O3/c1-17-7-12-21(27)26(25-17)20-10-8-19(9-11-20)24-22(28)23(13-15-29-16-14-23)18-5-3-2-4-6-18/h2-7,12,19-20H,8-11,13-16H2,1H3,(H,24,28). The summed E-state index contributed by atoms with van der Waals surface area (Å²) < 4.78 is 7.17. The van der Waals surface area contributed by atoms with E-state index in [1.807, 2.05) is 25.1 Å². The summed E-state index contributed by atoms with van der Waals surface area (Å²) in [4.78, 5) is 25.6. The molecule has 2 aromatic rings. The van der Waals surface area contributed by atoms with Crippen molar-refractivity contribution in [3.05, 3.63) is 64.1 Å². The maximum atomic E-state index is 13.4. The molecule has 6 nitrogen and oxygen atoms in total. The summed E-state index contributed by atoms with van der Waals surface area (Å²) >= 11 is 0. The summed E-state index contributed by atoms with van der Waals surface area (Å²) in [6.45, 7) is 3.12. The smallest absolute Gasteiger partial charge is 0.267 e. The van der Waals surface area contributed by atoms with Crippen LogP contribution in [0.1, 0.15) is 55.8 Å². The fraction of sp³-hybridized carbons (Fsp3) is 0.522. The van der Waals surface area contributed by atoms with E-state index in [1.165, 1.54) is 0 Å². The Morgan fingerprint density at radius 2 is 1.76 bits per heavy atom. The van der Waals surface area contributed by atoms with E-state index in [4.69, 9.17) is 4.74 Å². The Morgan fingerprint density at radius 3 is 2.45 bits per heavy atom. The minimum atomic E-state index is -0.509. The zero-order chi connectivity index (χ0) is 20.3. The van der Waals surface area contributed by atoms with Crippen LogP contribution >= 0.6 is 0 Å². The van der Waals surface area contributed by atoms with Crippen molar-refractivity contribution in [2.24, 2.45) is 0 Å². The van der Waals surface area contributed by atoms with E-state index in [9.17, 15) is 9.59 Å². The van der Waals surface area contributed by atoms with Gasteiger partial charge in [-0.3, -0.25) is 9.59 Å². The van der Waals surface area contributed by atoms with E-state index >= 15 is 0 Å². The van der Waals surface area contributed by atoms with Gasteiger partial charge in [0.1, 0.15) is 0 Å². The Balaban J connectivity index is 1.43. The van der Waals surface area contributed by atoms with Crippen molar-refractivity contribution in [2.75, 3.05) is 13.2 Å². The lowest BCUT2D eigenvalue weighted by Gasteiger charge is -2.38. The molecule has 1 aliphatic carbocycles. The SMILES string of the molecule is Cc1ccc(=O)n(C2CCC(NC(=O)C3(c4ccccc4)CCOCC3)CC2)n1. The number of carbonyl (C=O) groups excluding carboxylic acids is 1. The third kappa shape index (κ3) is 4.13. The lowest BCUT2D eigenvalue weighted by molar-refractivity contribution is -0.131. The average molecular weight is 396 g/mol. The number of hydrogen-bond donors (Lipinski definition) is 1. The highest BCUT2D eigenvalue weighted by molar-refractivity contribution is 5.88. The predicted molar refractivity (Wildman–Crippen MR) is 111 cm³/mol. The van der Waals surface area contributed by atoms with Gasteiger partial charge in [0.25, 0.3) is 5.56 Å². The van der Waals surface area contributed by atoms with Crippen LogP contribution in [0, 0.1) is 6.92 Å². The second-order valence-electron chi connectivity index (χ2n) is 8.30. The highest BCUT2D eigenvalue weighted by Gasteiger charge is 2.42. The molecule has 1 amide bonds. The highest BCUT2D eigenvalue weighted by Crippen LogP contribution is 2.36. The fourth-order valence-electron chi connectivity index (χ4n) is 4.69. The second-order valence-corrected chi connectivity index (χ2v) is 8.30. The number of aromatic nitrogens is 2. The zero-order valence-corrected chi connectivity index (χ0v) is 17.0. The summed E-state index contributed by atoms with van der Waals surface area (Å²) in [6, 6.07) is 13.7. The van der Waals surface area contributed by atoms with Gasteiger partial charge in [-0.2, -0.15) is 5.10 Å². The number of benzene rings is 1. The summed E-state index contributed by atoms with van der Waals surface area (Å²) in [6.07, 6.45) is 4.84. The van der Waals surface area contributed by atoms with Crippen LogP contribution in [0.5, 0.6) is 0 Å². The Hall–Kier alpha value is -2.47. The molecule has 1 aromatic carbocycles. The zero-order valence-electron chi connectivity index (χ0n) is 17.0. The van der Waals surface area contributed by atoms with Gasteiger partial charge in [-0.15, -0.1) is 0 Å². The van der Waals surface area contributed by atoms with Crippen molar-refractivity contribution in [1.82, 2.24) is 15.1 Å². The summed E-state index contributed by atoms with van der Waals surface area (Å²) in [5.74, 6) is 0.112. The van der Waals surface area contributed by atoms with Crippen molar-refractivity contribution in [3.63, 3.8) is 0 Å². The first-order valence-corrected chi connectivity index (χ1v) is 10.6. The van der Waals surface area contributed by atoms with Crippen LogP contribution in [0.25, 0.3) is 0 Å². The molecule has 0 radical (unpaired) electrons. The van der Waals surface area contributed by atoms with Gasteiger partial charge < -0.3 is 10.1 Å². The lowest BCUT2D eigenvalue weighted by atomic mass is 9.73. The van der Waals surface area contributed by atoms with Crippen molar-refractivity contribution in [2.45, 2.75) is 62.9 Å². The lowest BCUT2D eigenvalue weighted by Crippen LogP contribution is -2.51. The Bertz CT molecular complexity index is 895. The number of ether oxygens (including phenoxy) is 1. The minimum Gasteiger partial charge on any atom is -0.381 e. The molecule has 4 rings (SSSR count). The maximum absolute atomic E-state index is 13.4. The first-order chi connectivity index (χ1) is 14.1. The monoisotopic (exact) mass is 395 g/mol. The molecule has 0 spiro atoms. The number of rotatable bonds is 4. The van der Waals surface area contributed by atoms with Gasteiger partial charge in [0, 0.05) is 25.3 Å². The molecule has 1 aliphatic heterocycles. The molecule has 154 valence electrons. The Kier molecular flexibility index (Phi) is 5.81. The minimum absolute atomic E-state index is 0.0479. The third-order valence-electron chi connectivity index (χ3n) is 6.44. The van der Waals surface area contributed by atoms with Gasteiger partial charge in [-0.05, 0) is 57.1 Å². The quantitative estimate of drug-likeness (QED) is 0.864. The van der Waals surface area contributed by atoms with Crippen molar-refractivity contribution < 1.29 is 9.53 Å². The molecule has 29 heavy (non-hydrogen) atoms. The van der Waals surface area contributed by atoms with Gasteiger partial charge in [0.05, 0.1) is 17.2 Å². The fourth-order valence-corrected chi connectivity index (χ4v) is 4.69. The normalized spacial score (nSPS) is 24.0. The molecular weight excluding hydrogens is 366 g/mol. The average Bonchev–Trinajstić information content (AvgIpc) is 2.77. The molecule has 2 heterocycles. The molecular formula is C23H29N3O3. The number of nitrogens with one attached hydrogen (secondary N) is 1. The first kappa shape index (κ1) is 19.8. The second kappa shape index (κ2) is 8.49. The Labute approximate surface area is 171 Å². The number of nitrogens with zero attached hydrogens (tertiary/aromatic N) is 2. The van der Waals surface area contributed by atoms with Crippen LogP contribution in [-0.2, 0) is 14.9 Å². The van der Waals surface area contributed by atoms with E-state index in [0.717, 1.165) is 36.9 Å². The summed E-state index contributed by atoms with van der Waals surface area (Å²) in [7, 11) is 0. The van der Waals surface area contributed by atoms with Crippen molar-refractivity contribution in [1.29, 1.82) is 0 Å². The third-order valence-corrected chi connectivity index (χ3v) is 6.44. The number of carbonyl (C=O) groups is 1. The van der Waals surface area contributed by atoms with Gasteiger partial charge >= 0.3 is 0 Å². The highest BCUT2D eigenvalue weighted by atomic mass is 16.5. The molecule has 6 heteroatoms. The van der Waals surface area contributed by atoms with Crippen LogP contribution in [0.2, 0.25) is 0 Å². The van der Waals surface area contributed by atoms with Gasteiger partial charge in [0.2, 0.25) is 5.91 Å². The van der Waals surface area contributed by atoms with E-state index in [-0.39, 0.29) is 23.6 Å². The van der Waals surface area contributed by atoms with Gasteiger partial charge in [0.15, 0.2) is 0 Å². The molecule has 1 saturated heterocycles. The van der Waals surface area contributed by atoms with Crippen molar-refractivity contribution >= 4 is 5.91 Å². The predicted octanol–water partition coefficient (Wildman–Crippen LogP) is 2.90. The van der Waals surface area contributed by atoms with Crippen LogP contribution in [0.4, 0.5) is 0 Å². The van der Waals surface area contributed by atoms with E-state index in [2.05, 4.69) is 22.5 Å². The number of aryl methyl sites for hydroxylation is 1. The van der Waals surface area contributed by atoms with Crippen LogP contribution in [0.15, 0.2) is 47.3 Å². The van der Waals surface area contributed by atoms with E-state index in [1.54, 1.807) is 16.8 Å². The molecule has 1 aromatic heterocycles. The molecule has 0 atom stereocenters. The molecule has 1 saturated carbocycles. The molecule has 0 bridgehead atoms. The Morgan fingerprint density at radius 1 is 1.07 bits per heavy atom. The van der Waals surface area contributed by atoms with Crippen molar-refractivity contribution in [3.8, 4) is 0 Å². The largest absolute Gasteiger partial charge is 0.381 e. The summed E-state index contributed by atoms with van der Waals surface area (Å²) in [5, 5.41) is 7.73. The van der Waals surface area contributed by atoms with Gasteiger partial charge in [-0.25, -0.2) is 4.68 Å². The molecule has 2 fully saturated rings. The number of amides is 1. The molecule has 0 unspecified atom stereocenters.